The third-order valence-corrected chi connectivity index (χ3v) is 6.24. The van der Waals surface area contributed by atoms with E-state index in [4.69, 9.17) is 11.6 Å². The molecule has 1 amide bonds. The molecule has 168 valence electrons. The highest BCUT2D eigenvalue weighted by molar-refractivity contribution is 7.17. The molecule has 0 radical (unpaired) electrons. The van der Waals surface area contributed by atoms with Gasteiger partial charge in [-0.1, -0.05) is 22.9 Å². The maximum atomic E-state index is 12.3. The maximum absolute atomic E-state index is 12.3. The molecule has 5 aromatic rings. The highest BCUT2D eigenvalue weighted by Crippen LogP contribution is 2.30. The predicted octanol–water partition coefficient (Wildman–Crippen LogP) is 3.72. The maximum Gasteiger partial charge on any atom is 0.261 e. The molecule has 9 nitrogen and oxygen atoms in total. The van der Waals surface area contributed by atoms with Gasteiger partial charge in [0, 0.05) is 35.3 Å². The van der Waals surface area contributed by atoms with E-state index < -0.39 is 0 Å². The Morgan fingerprint density at radius 3 is 2.71 bits per heavy atom. The van der Waals surface area contributed by atoms with E-state index in [1.807, 2.05) is 18.2 Å². The fourth-order valence-corrected chi connectivity index (χ4v) is 4.37. The fourth-order valence-electron chi connectivity index (χ4n) is 3.41. The molecular formula is C23H16ClN7O2S. The van der Waals surface area contributed by atoms with Crippen molar-refractivity contribution in [3.63, 3.8) is 0 Å². The number of pyridine rings is 1. The van der Waals surface area contributed by atoms with Crippen LogP contribution in [-0.2, 0) is 6.54 Å². The molecule has 0 fully saturated rings. The van der Waals surface area contributed by atoms with E-state index in [9.17, 15) is 9.59 Å². The van der Waals surface area contributed by atoms with E-state index in [1.165, 1.54) is 17.7 Å². The van der Waals surface area contributed by atoms with Crippen LogP contribution in [0.4, 0.5) is 0 Å². The van der Waals surface area contributed by atoms with E-state index in [2.05, 4.69) is 30.6 Å². The summed E-state index contributed by atoms with van der Waals surface area (Å²) in [5.41, 5.74) is 3.93. The van der Waals surface area contributed by atoms with Crippen LogP contribution in [0.1, 0.15) is 15.4 Å². The summed E-state index contributed by atoms with van der Waals surface area (Å²) in [5.74, 6) is -0.231. The minimum Gasteiger partial charge on any atom is -0.346 e. The average molecular weight is 490 g/mol. The lowest BCUT2D eigenvalue weighted by Crippen LogP contribution is -2.21. The van der Waals surface area contributed by atoms with Crippen molar-refractivity contribution in [1.29, 1.82) is 0 Å². The van der Waals surface area contributed by atoms with Gasteiger partial charge < -0.3 is 10.3 Å². The zero-order valence-electron chi connectivity index (χ0n) is 17.5. The smallest absolute Gasteiger partial charge is 0.261 e. The molecule has 0 bridgehead atoms. The Morgan fingerprint density at radius 1 is 1.09 bits per heavy atom. The van der Waals surface area contributed by atoms with Crippen molar-refractivity contribution >= 4 is 28.8 Å². The summed E-state index contributed by atoms with van der Waals surface area (Å²) in [7, 11) is 0. The SMILES string of the molecule is O=C(NCc1cn(-c2ccc(-c3ccc[nH]c3=O)cc2-c2cncnc2)nn1)c1ccc(Cl)s1. The largest absolute Gasteiger partial charge is 0.346 e. The van der Waals surface area contributed by atoms with Crippen LogP contribution in [0, 0.1) is 0 Å². The van der Waals surface area contributed by atoms with E-state index in [0.717, 1.165) is 22.4 Å². The van der Waals surface area contributed by atoms with Crippen molar-refractivity contribution in [2.45, 2.75) is 6.54 Å². The van der Waals surface area contributed by atoms with E-state index in [-0.39, 0.29) is 18.0 Å². The molecular weight excluding hydrogens is 474 g/mol. The number of thiophene rings is 1. The first-order valence-corrected chi connectivity index (χ1v) is 11.3. The zero-order chi connectivity index (χ0) is 23.5. The van der Waals surface area contributed by atoms with Crippen LogP contribution in [0.15, 0.2) is 78.4 Å². The fraction of sp³-hybridized carbons (Fsp3) is 0.0435. The summed E-state index contributed by atoms with van der Waals surface area (Å²) < 4.78 is 2.17. The number of halogens is 1. The summed E-state index contributed by atoms with van der Waals surface area (Å²) in [6.45, 7) is 0.204. The second kappa shape index (κ2) is 9.38. The number of rotatable bonds is 6. The molecule has 11 heteroatoms. The van der Waals surface area contributed by atoms with Crippen LogP contribution in [0.5, 0.6) is 0 Å². The molecule has 4 heterocycles. The molecule has 0 aliphatic rings. The van der Waals surface area contributed by atoms with Gasteiger partial charge in [0.2, 0.25) is 0 Å². The van der Waals surface area contributed by atoms with Crippen LogP contribution in [0.3, 0.4) is 0 Å². The molecule has 0 saturated heterocycles. The number of nitrogens with one attached hydrogen (secondary N) is 2. The van der Waals surface area contributed by atoms with Gasteiger partial charge in [-0.2, -0.15) is 0 Å². The molecule has 0 unspecified atom stereocenters. The quantitative estimate of drug-likeness (QED) is 0.375. The van der Waals surface area contributed by atoms with Crippen molar-refractivity contribution in [1.82, 2.24) is 35.3 Å². The van der Waals surface area contributed by atoms with Gasteiger partial charge in [0.1, 0.15) is 12.0 Å². The van der Waals surface area contributed by atoms with Crippen LogP contribution < -0.4 is 10.9 Å². The molecule has 0 aliphatic heterocycles. The minimum atomic E-state index is -0.231. The van der Waals surface area contributed by atoms with E-state index >= 15 is 0 Å². The molecule has 0 aliphatic carbocycles. The Labute approximate surface area is 202 Å². The number of carbonyl (C=O) groups excluding carboxylic acids is 1. The second-order valence-corrected chi connectivity index (χ2v) is 8.93. The first-order valence-electron chi connectivity index (χ1n) is 10.1. The Kier molecular flexibility index (Phi) is 5.98. The monoisotopic (exact) mass is 489 g/mol. The molecule has 5 rings (SSSR count). The van der Waals surface area contributed by atoms with Crippen LogP contribution >= 0.6 is 22.9 Å². The Morgan fingerprint density at radius 2 is 1.94 bits per heavy atom. The van der Waals surface area contributed by atoms with Crippen LogP contribution in [0.2, 0.25) is 4.34 Å². The molecule has 34 heavy (non-hydrogen) atoms. The Hall–Kier alpha value is -4.15. The first kappa shape index (κ1) is 21.7. The van der Waals surface area contributed by atoms with Crippen molar-refractivity contribution in [2.24, 2.45) is 0 Å². The number of aromatic amines is 1. The number of benzene rings is 1. The minimum absolute atomic E-state index is 0.184. The summed E-state index contributed by atoms with van der Waals surface area (Å²) in [5, 5.41) is 11.2. The lowest BCUT2D eigenvalue weighted by Gasteiger charge is -2.11. The topological polar surface area (TPSA) is 118 Å². The third kappa shape index (κ3) is 4.49. The molecule has 4 aromatic heterocycles. The number of H-pyrrole nitrogens is 1. The highest BCUT2D eigenvalue weighted by Gasteiger charge is 2.14. The molecule has 1 aromatic carbocycles. The third-order valence-electron chi connectivity index (χ3n) is 5.01. The van der Waals surface area contributed by atoms with Gasteiger partial charge in [-0.3, -0.25) is 9.59 Å². The van der Waals surface area contributed by atoms with Crippen molar-refractivity contribution in [3.05, 3.63) is 98.8 Å². The lowest BCUT2D eigenvalue weighted by molar-refractivity contribution is 0.0954. The number of carbonyl (C=O) groups is 1. The van der Waals surface area contributed by atoms with Gasteiger partial charge >= 0.3 is 0 Å². The van der Waals surface area contributed by atoms with E-state index in [1.54, 1.807) is 53.7 Å². The number of amides is 1. The Balaban J connectivity index is 1.46. The van der Waals surface area contributed by atoms with Gasteiger partial charge in [-0.25, -0.2) is 14.6 Å². The van der Waals surface area contributed by atoms with Crippen molar-refractivity contribution in [2.75, 3.05) is 0 Å². The number of aromatic nitrogens is 6. The zero-order valence-corrected chi connectivity index (χ0v) is 19.0. The van der Waals surface area contributed by atoms with E-state index in [0.29, 0.717) is 20.5 Å². The predicted molar refractivity (Wildman–Crippen MR) is 129 cm³/mol. The standard InChI is InChI=1S/C23H16ClN7O2S/c24-21-6-5-20(34-21)23(33)28-11-16-12-31(30-29-16)19-4-3-14(17-2-1-7-27-22(17)32)8-18(19)15-9-25-13-26-10-15/h1-10,12-13H,11H2,(H,27,32)(H,28,33). The Bertz CT molecular complexity index is 1530. The lowest BCUT2D eigenvalue weighted by atomic mass is 9.99. The van der Waals surface area contributed by atoms with Crippen molar-refractivity contribution < 1.29 is 4.79 Å². The summed E-state index contributed by atoms with van der Waals surface area (Å²) in [4.78, 5) is 36.1. The van der Waals surface area contributed by atoms with Gasteiger partial charge in [-0.15, -0.1) is 16.4 Å². The summed E-state index contributed by atoms with van der Waals surface area (Å²) in [6, 6.07) is 12.5. The van der Waals surface area contributed by atoms with Crippen molar-refractivity contribution in [3.8, 4) is 27.9 Å². The average Bonchev–Trinajstić information content (AvgIpc) is 3.52. The number of nitrogens with zero attached hydrogens (tertiary/aromatic N) is 5. The summed E-state index contributed by atoms with van der Waals surface area (Å²) >= 11 is 7.11. The first-order chi connectivity index (χ1) is 16.6. The normalized spacial score (nSPS) is 10.9. The number of hydrogen-bond acceptors (Lipinski definition) is 7. The van der Waals surface area contributed by atoms with Gasteiger partial charge in [0.15, 0.2) is 0 Å². The number of hydrogen-bond donors (Lipinski definition) is 2. The highest BCUT2D eigenvalue weighted by atomic mass is 35.5. The van der Waals surface area contributed by atoms with Gasteiger partial charge in [0.05, 0.1) is 27.6 Å². The van der Waals surface area contributed by atoms with Crippen LogP contribution in [0.25, 0.3) is 27.9 Å². The molecule has 2 N–H and O–H groups in total. The molecule has 0 saturated carbocycles. The molecule has 0 atom stereocenters. The second-order valence-electron chi connectivity index (χ2n) is 7.21. The molecule has 0 spiro atoms. The van der Waals surface area contributed by atoms with Gasteiger partial charge in [-0.05, 0) is 42.0 Å². The van der Waals surface area contributed by atoms with Crippen LogP contribution in [-0.4, -0.2) is 35.9 Å². The summed E-state index contributed by atoms with van der Waals surface area (Å²) in [6.07, 6.45) is 8.16. The van der Waals surface area contributed by atoms with Gasteiger partial charge in [0.25, 0.3) is 11.5 Å².